The number of hydrogen-bond donors (Lipinski definition) is 1. The first kappa shape index (κ1) is 14.8. The second-order valence-corrected chi connectivity index (χ2v) is 6.12. The molecule has 2 aromatic rings. The van der Waals surface area contributed by atoms with Crippen molar-refractivity contribution in [3.05, 3.63) is 62.2 Å². The van der Waals surface area contributed by atoms with Crippen LogP contribution >= 0.6 is 50.1 Å². The van der Waals surface area contributed by atoms with Crippen molar-refractivity contribution in [2.75, 3.05) is 5.32 Å². The molecule has 1 amide bonds. The Morgan fingerprint density at radius 2 is 1.89 bits per heavy atom. The van der Waals surface area contributed by atoms with Gasteiger partial charge < -0.3 is 5.32 Å². The van der Waals surface area contributed by atoms with Crippen LogP contribution in [-0.4, -0.2) is 5.91 Å². The second-order valence-electron chi connectivity index (χ2n) is 3.91. The van der Waals surface area contributed by atoms with Gasteiger partial charge >= 0.3 is 0 Å². The zero-order valence-electron chi connectivity index (χ0n) is 9.79. The summed E-state index contributed by atoms with van der Waals surface area (Å²) in [6.45, 7) is 0. The van der Waals surface area contributed by atoms with Crippen molar-refractivity contribution in [1.29, 1.82) is 0 Å². The average Bonchev–Trinajstić information content (AvgIpc) is 2.42. The molecule has 0 unspecified atom stereocenters. The molecule has 0 heterocycles. The molecule has 0 aliphatic heterocycles. The minimum atomic E-state index is -0.163. The fourth-order valence-electron chi connectivity index (χ4n) is 1.53. The van der Waals surface area contributed by atoms with Gasteiger partial charge in [0.05, 0.1) is 10.7 Å². The van der Waals surface area contributed by atoms with Gasteiger partial charge in [0, 0.05) is 14.5 Å². The molecule has 2 aromatic carbocycles. The molecule has 1 N–H and O–H groups in total. The molecule has 0 bridgehead atoms. The first-order valence-corrected chi connectivity index (χ1v) is 8.09. The molecule has 19 heavy (non-hydrogen) atoms. The number of benzene rings is 2. The molecule has 0 saturated carbocycles. The van der Waals surface area contributed by atoms with E-state index in [1.165, 1.54) is 0 Å². The number of anilines is 1. The molecule has 0 spiro atoms. The van der Waals surface area contributed by atoms with Crippen LogP contribution in [0.15, 0.2) is 42.5 Å². The summed E-state index contributed by atoms with van der Waals surface area (Å²) in [6, 6.07) is 12.9. The molecule has 2 nitrogen and oxygen atoms in total. The van der Waals surface area contributed by atoms with E-state index in [1.807, 2.05) is 24.3 Å². The van der Waals surface area contributed by atoms with Crippen molar-refractivity contribution in [2.24, 2.45) is 0 Å². The summed E-state index contributed by atoms with van der Waals surface area (Å²) in [5, 5.41) is 4.12. The Morgan fingerprint density at radius 3 is 2.47 bits per heavy atom. The number of nitrogens with one attached hydrogen (secondary N) is 1. The third-order valence-electron chi connectivity index (χ3n) is 2.55. The van der Waals surface area contributed by atoms with Crippen LogP contribution in [0.3, 0.4) is 0 Å². The quantitative estimate of drug-likeness (QED) is 0.512. The maximum atomic E-state index is 12.1. The molecule has 2 rings (SSSR count). The van der Waals surface area contributed by atoms with E-state index < -0.39 is 0 Å². The highest BCUT2D eigenvalue weighted by molar-refractivity contribution is 14.1. The minimum absolute atomic E-state index is 0.163. The van der Waals surface area contributed by atoms with Crippen LogP contribution in [0.2, 0.25) is 5.02 Å². The standard InChI is InChI=1S/C14H10BrClINO/c15-8-9-1-3-10(4-2-9)14(19)18-13-6-5-11(17)7-12(13)16/h1-7H,8H2,(H,18,19). The average molecular weight is 451 g/mol. The Labute approximate surface area is 138 Å². The molecular formula is C14H10BrClINO. The topological polar surface area (TPSA) is 29.1 Å². The fourth-order valence-corrected chi connectivity index (χ4v) is 2.81. The summed E-state index contributed by atoms with van der Waals surface area (Å²) in [7, 11) is 0. The number of hydrogen-bond acceptors (Lipinski definition) is 1. The van der Waals surface area contributed by atoms with Crippen LogP contribution in [-0.2, 0) is 5.33 Å². The third kappa shape index (κ3) is 3.94. The predicted molar refractivity (Wildman–Crippen MR) is 91.2 cm³/mol. The largest absolute Gasteiger partial charge is 0.321 e. The van der Waals surface area contributed by atoms with Crippen molar-refractivity contribution >= 4 is 61.7 Å². The lowest BCUT2D eigenvalue weighted by atomic mass is 10.1. The summed E-state index contributed by atoms with van der Waals surface area (Å²) in [4.78, 5) is 12.1. The van der Waals surface area contributed by atoms with Gasteiger partial charge in [-0.2, -0.15) is 0 Å². The molecule has 0 aromatic heterocycles. The lowest BCUT2D eigenvalue weighted by Gasteiger charge is -2.08. The Morgan fingerprint density at radius 1 is 1.21 bits per heavy atom. The molecule has 0 aliphatic rings. The number of carbonyl (C=O) groups is 1. The van der Waals surface area contributed by atoms with Gasteiger partial charge in [-0.3, -0.25) is 4.79 Å². The molecular weight excluding hydrogens is 440 g/mol. The van der Waals surface area contributed by atoms with Crippen LogP contribution in [0.5, 0.6) is 0 Å². The van der Waals surface area contributed by atoms with Gasteiger partial charge in [0.25, 0.3) is 5.91 Å². The summed E-state index contributed by atoms with van der Waals surface area (Å²) in [5.74, 6) is -0.163. The monoisotopic (exact) mass is 449 g/mol. The van der Waals surface area contributed by atoms with Crippen LogP contribution in [0.4, 0.5) is 5.69 Å². The Balaban J connectivity index is 2.15. The first-order chi connectivity index (χ1) is 9.10. The van der Waals surface area contributed by atoms with Crippen molar-refractivity contribution in [3.8, 4) is 0 Å². The molecule has 0 atom stereocenters. The van der Waals surface area contributed by atoms with E-state index in [0.717, 1.165) is 14.5 Å². The number of amides is 1. The van der Waals surface area contributed by atoms with Crippen LogP contribution in [0.25, 0.3) is 0 Å². The van der Waals surface area contributed by atoms with Crippen LogP contribution in [0, 0.1) is 3.57 Å². The summed E-state index contributed by atoms with van der Waals surface area (Å²) < 4.78 is 1.03. The number of halogens is 3. The highest BCUT2D eigenvalue weighted by Gasteiger charge is 2.08. The number of carbonyl (C=O) groups excluding carboxylic acids is 1. The van der Waals surface area contributed by atoms with Crippen molar-refractivity contribution in [3.63, 3.8) is 0 Å². The van der Waals surface area contributed by atoms with E-state index in [0.29, 0.717) is 16.3 Å². The van der Waals surface area contributed by atoms with E-state index in [-0.39, 0.29) is 5.91 Å². The van der Waals surface area contributed by atoms with E-state index in [4.69, 9.17) is 11.6 Å². The van der Waals surface area contributed by atoms with Gasteiger partial charge in [-0.1, -0.05) is 39.7 Å². The Bertz CT molecular complexity index is 601. The van der Waals surface area contributed by atoms with Crippen molar-refractivity contribution < 1.29 is 4.79 Å². The van der Waals surface area contributed by atoms with Crippen molar-refractivity contribution in [2.45, 2.75) is 5.33 Å². The van der Waals surface area contributed by atoms with E-state index in [1.54, 1.807) is 18.2 Å². The van der Waals surface area contributed by atoms with E-state index in [2.05, 4.69) is 43.8 Å². The molecule has 0 fully saturated rings. The first-order valence-electron chi connectivity index (χ1n) is 5.51. The highest BCUT2D eigenvalue weighted by Crippen LogP contribution is 2.24. The van der Waals surface area contributed by atoms with E-state index in [9.17, 15) is 4.79 Å². The zero-order valence-corrected chi connectivity index (χ0v) is 14.3. The summed E-state index contributed by atoms with van der Waals surface area (Å²) in [5.41, 5.74) is 2.36. The van der Waals surface area contributed by atoms with Crippen molar-refractivity contribution in [1.82, 2.24) is 0 Å². The van der Waals surface area contributed by atoms with Gasteiger partial charge in [0.1, 0.15) is 0 Å². The number of rotatable bonds is 3. The Hall–Kier alpha value is -0.590. The zero-order chi connectivity index (χ0) is 13.8. The third-order valence-corrected chi connectivity index (χ3v) is 4.18. The lowest BCUT2D eigenvalue weighted by molar-refractivity contribution is 0.102. The lowest BCUT2D eigenvalue weighted by Crippen LogP contribution is -2.12. The predicted octanol–water partition coefficient (Wildman–Crippen LogP) is 5.09. The van der Waals surface area contributed by atoms with Gasteiger partial charge in [-0.15, -0.1) is 0 Å². The summed E-state index contributed by atoms with van der Waals surface area (Å²) in [6.07, 6.45) is 0. The molecule has 98 valence electrons. The number of alkyl halides is 1. The van der Waals surface area contributed by atoms with E-state index >= 15 is 0 Å². The Kier molecular flexibility index (Phi) is 5.24. The minimum Gasteiger partial charge on any atom is -0.321 e. The smallest absolute Gasteiger partial charge is 0.255 e. The van der Waals surface area contributed by atoms with Gasteiger partial charge in [0.2, 0.25) is 0 Å². The second kappa shape index (κ2) is 6.72. The van der Waals surface area contributed by atoms with Gasteiger partial charge in [0.15, 0.2) is 0 Å². The summed E-state index contributed by atoms with van der Waals surface area (Å²) >= 11 is 11.6. The van der Waals surface area contributed by atoms with Crippen LogP contribution < -0.4 is 5.32 Å². The highest BCUT2D eigenvalue weighted by atomic mass is 127. The van der Waals surface area contributed by atoms with Crippen LogP contribution in [0.1, 0.15) is 15.9 Å². The SMILES string of the molecule is O=C(Nc1ccc(I)cc1Cl)c1ccc(CBr)cc1. The fraction of sp³-hybridized carbons (Fsp3) is 0.0714. The maximum absolute atomic E-state index is 12.1. The molecule has 5 heteroatoms. The van der Waals surface area contributed by atoms with Gasteiger partial charge in [-0.25, -0.2) is 0 Å². The maximum Gasteiger partial charge on any atom is 0.255 e. The molecule has 0 saturated heterocycles. The molecule has 0 aliphatic carbocycles. The normalized spacial score (nSPS) is 10.3. The molecule has 0 radical (unpaired) electrons. The van der Waals surface area contributed by atoms with Gasteiger partial charge in [-0.05, 0) is 58.5 Å².